The van der Waals surface area contributed by atoms with Crippen LogP contribution in [0.4, 0.5) is 0 Å². The number of aromatic nitrogens is 1. The molecule has 1 saturated heterocycles. The fourth-order valence-corrected chi connectivity index (χ4v) is 3.62. The van der Waals surface area contributed by atoms with E-state index in [2.05, 4.69) is 4.98 Å². The number of likely N-dealkylation sites (tertiary alicyclic amines) is 1. The predicted octanol–water partition coefficient (Wildman–Crippen LogP) is 1.42. The van der Waals surface area contributed by atoms with Crippen LogP contribution >= 0.6 is 11.3 Å². The summed E-state index contributed by atoms with van der Waals surface area (Å²) in [4.78, 5) is 42.7. The number of esters is 1. The molecule has 1 fully saturated rings. The topological polar surface area (TPSA) is 79.8 Å². The highest BCUT2D eigenvalue weighted by molar-refractivity contribution is 7.18. The molecule has 0 N–H and O–H groups in total. The summed E-state index contributed by atoms with van der Waals surface area (Å²) in [5, 5.41) is 0.825. The van der Waals surface area contributed by atoms with E-state index in [-0.39, 0.29) is 25.0 Å². The molecule has 1 aliphatic heterocycles. The van der Waals surface area contributed by atoms with Gasteiger partial charge in [-0.2, -0.15) is 0 Å². The van der Waals surface area contributed by atoms with Gasteiger partial charge in [-0.3, -0.25) is 14.4 Å². The van der Waals surface area contributed by atoms with Crippen molar-refractivity contribution in [2.75, 3.05) is 26.7 Å². The lowest BCUT2D eigenvalue weighted by molar-refractivity contribution is -0.154. The molecule has 7 nitrogen and oxygen atoms in total. The van der Waals surface area contributed by atoms with Gasteiger partial charge in [-0.15, -0.1) is 11.3 Å². The van der Waals surface area contributed by atoms with Crippen molar-refractivity contribution in [3.63, 3.8) is 0 Å². The zero-order valence-electron chi connectivity index (χ0n) is 13.9. The smallest absolute Gasteiger partial charge is 0.326 e. The number of carbonyl (C=O) groups is 3. The number of thiazole rings is 1. The van der Waals surface area contributed by atoms with E-state index in [1.165, 1.54) is 21.1 Å². The van der Waals surface area contributed by atoms with Gasteiger partial charge in [0.05, 0.1) is 16.8 Å². The molecule has 0 aliphatic carbocycles. The van der Waals surface area contributed by atoms with Crippen molar-refractivity contribution in [2.24, 2.45) is 0 Å². The van der Waals surface area contributed by atoms with Crippen molar-refractivity contribution in [1.82, 2.24) is 14.8 Å². The minimum absolute atomic E-state index is 0.0452. The number of likely N-dealkylation sites (N-methyl/N-ethyl adjacent to an activating group) is 1. The maximum atomic E-state index is 12.1. The van der Waals surface area contributed by atoms with Gasteiger partial charge in [0.15, 0.2) is 6.61 Å². The number of benzene rings is 1. The van der Waals surface area contributed by atoms with E-state index in [4.69, 9.17) is 4.74 Å². The summed E-state index contributed by atoms with van der Waals surface area (Å²) in [6, 6.07) is 7.79. The third kappa shape index (κ3) is 4.33. The minimum Gasteiger partial charge on any atom is -0.454 e. The molecule has 3 rings (SSSR count). The van der Waals surface area contributed by atoms with E-state index < -0.39 is 5.97 Å². The van der Waals surface area contributed by atoms with Crippen LogP contribution in [0.5, 0.6) is 0 Å². The second-order valence-electron chi connectivity index (χ2n) is 5.90. The summed E-state index contributed by atoms with van der Waals surface area (Å²) >= 11 is 1.53. The number of hydrogen-bond acceptors (Lipinski definition) is 6. The third-order valence-electron chi connectivity index (χ3n) is 3.98. The standard InChI is InChI=1S/C17H19N3O4S/c1-19(9-14-18-12-5-2-3-6-13(12)25-14)16(22)11-24-17(23)10-20-8-4-7-15(20)21/h2-3,5-6H,4,7-11H2,1H3. The van der Waals surface area contributed by atoms with Gasteiger partial charge in [0.25, 0.3) is 5.91 Å². The number of ether oxygens (including phenoxy) is 1. The van der Waals surface area contributed by atoms with Crippen molar-refractivity contribution < 1.29 is 19.1 Å². The molecule has 8 heteroatoms. The zero-order chi connectivity index (χ0) is 17.8. The lowest BCUT2D eigenvalue weighted by Gasteiger charge is -2.17. The summed E-state index contributed by atoms with van der Waals surface area (Å²) in [7, 11) is 1.65. The van der Waals surface area contributed by atoms with Crippen LogP contribution in [0.3, 0.4) is 0 Å². The van der Waals surface area contributed by atoms with E-state index in [9.17, 15) is 14.4 Å². The number of carbonyl (C=O) groups excluding carboxylic acids is 3. The summed E-state index contributed by atoms with van der Waals surface area (Å²) in [5.74, 6) is -0.909. The first kappa shape index (κ1) is 17.3. The lowest BCUT2D eigenvalue weighted by Crippen LogP contribution is -2.35. The maximum absolute atomic E-state index is 12.1. The van der Waals surface area contributed by atoms with Gasteiger partial charge in [-0.25, -0.2) is 4.98 Å². The first-order chi connectivity index (χ1) is 12.0. The van der Waals surface area contributed by atoms with Gasteiger partial charge in [-0.1, -0.05) is 12.1 Å². The van der Waals surface area contributed by atoms with Crippen molar-refractivity contribution in [3.8, 4) is 0 Å². The number of rotatable bonds is 6. The number of amides is 2. The number of hydrogen-bond donors (Lipinski definition) is 0. The van der Waals surface area contributed by atoms with E-state index in [0.29, 0.717) is 19.5 Å². The molecule has 0 unspecified atom stereocenters. The van der Waals surface area contributed by atoms with E-state index >= 15 is 0 Å². The molecular weight excluding hydrogens is 342 g/mol. The molecule has 1 aromatic heterocycles. The predicted molar refractivity (Wildman–Crippen MR) is 92.9 cm³/mol. The molecule has 0 saturated carbocycles. The van der Waals surface area contributed by atoms with Crippen LogP contribution in [0.15, 0.2) is 24.3 Å². The zero-order valence-corrected chi connectivity index (χ0v) is 14.8. The minimum atomic E-state index is -0.558. The molecule has 0 spiro atoms. The van der Waals surface area contributed by atoms with Gasteiger partial charge < -0.3 is 14.5 Å². The van der Waals surface area contributed by atoms with Gasteiger partial charge in [0.1, 0.15) is 11.6 Å². The maximum Gasteiger partial charge on any atom is 0.326 e. The van der Waals surface area contributed by atoms with E-state index in [1.807, 2.05) is 24.3 Å². The SMILES string of the molecule is CN(Cc1nc2ccccc2s1)C(=O)COC(=O)CN1CCCC1=O. The molecule has 0 atom stereocenters. The average Bonchev–Trinajstić information content (AvgIpc) is 3.18. The van der Waals surface area contributed by atoms with Gasteiger partial charge in [0, 0.05) is 20.0 Å². The highest BCUT2D eigenvalue weighted by atomic mass is 32.1. The van der Waals surface area contributed by atoms with Gasteiger partial charge in [-0.05, 0) is 18.6 Å². The fraction of sp³-hybridized carbons (Fsp3) is 0.412. The molecule has 2 heterocycles. The van der Waals surface area contributed by atoms with Crippen LogP contribution < -0.4 is 0 Å². The Hall–Kier alpha value is -2.48. The molecule has 2 amide bonds. The van der Waals surface area contributed by atoms with Crippen molar-refractivity contribution in [3.05, 3.63) is 29.3 Å². The first-order valence-electron chi connectivity index (χ1n) is 8.05. The molecular formula is C17H19N3O4S. The molecule has 0 bridgehead atoms. The first-order valence-corrected chi connectivity index (χ1v) is 8.86. The number of para-hydroxylation sites is 1. The van der Waals surface area contributed by atoms with Crippen LogP contribution in [0.2, 0.25) is 0 Å². The van der Waals surface area contributed by atoms with Crippen LogP contribution in [0, 0.1) is 0 Å². The van der Waals surface area contributed by atoms with Gasteiger partial charge >= 0.3 is 5.97 Å². The van der Waals surface area contributed by atoms with Crippen LogP contribution in [0.1, 0.15) is 17.8 Å². The number of nitrogens with zero attached hydrogens (tertiary/aromatic N) is 3. The molecule has 1 aliphatic rings. The van der Waals surface area contributed by atoms with Crippen LogP contribution in [-0.4, -0.2) is 59.3 Å². The monoisotopic (exact) mass is 361 g/mol. The fourth-order valence-electron chi connectivity index (χ4n) is 2.60. The lowest BCUT2D eigenvalue weighted by atomic mass is 10.3. The second-order valence-corrected chi connectivity index (χ2v) is 7.02. The molecule has 0 radical (unpaired) electrons. The van der Waals surface area contributed by atoms with Crippen LogP contribution in [0.25, 0.3) is 10.2 Å². The van der Waals surface area contributed by atoms with Crippen molar-refractivity contribution in [2.45, 2.75) is 19.4 Å². The highest BCUT2D eigenvalue weighted by Crippen LogP contribution is 2.22. The Morgan fingerprint density at radius 3 is 2.88 bits per heavy atom. The average molecular weight is 361 g/mol. The Kier molecular flexibility index (Phi) is 5.28. The third-order valence-corrected chi connectivity index (χ3v) is 5.01. The Balaban J connectivity index is 1.47. The van der Waals surface area contributed by atoms with E-state index in [1.54, 1.807) is 7.05 Å². The van der Waals surface area contributed by atoms with Gasteiger partial charge in [0.2, 0.25) is 5.91 Å². The Morgan fingerprint density at radius 2 is 2.16 bits per heavy atom. The van der Waals surface area contributed by atoms with E-state index in [0.717, 1.165) is 21.6 Å². The Labute approximate surface area is 149 Å². The number of fused-ring (bicyclic) bond motifs is 1. The molecule has 25 heavy (non-hydrogen) atoms. The summed E-state index contributed by atoms with van der Waals surface area (Å²) in [6.07, 6.45) is 1.23. The Morgan fingerprint density at radius 1 is 1.36 bits per heavy atom. The highest BCUT2D eigenvalue weighted by Gasteiger charge is 2.23. The summed E-state index contributed by atoms with van der Waals surface area (Å²) < 4.78 is 6.06. The normalized spacial score (nSPS) is 14.1. The molecule has 2 aromatic rings. The largest absolute Gasteiger partial charge is 0.454 e. The van der Waals surface area contributed by atoms with Crippen LogP contribution in [-0.2, 0) is 25.7 Å². The Bertz CT molecular complexity index is 771. The quantitative estimate of drug-likeness (QED) is 0.727. The van der Waals surface area contributed by atoms with Crippen molar-refractivity contribution in [1.29, 1.82) is 0 Å². The molecule has 1 aromatic carbocycles. The molecule has 132 valence electrons. The van der Waals surface area contributed by atoms with Crippen molar-refractivity contribution >= 4 is 39.3 Å². The second kappa shape index (κ2) is 7.60. The summed E-state index contributed by atoms with van der Waals surface area (Å²) in [6.45, 7) is 0.510. The summed E-state index contributed by atoms with van der Waals surface area (Å²) in [5.41, 5.74) is 0.907.